The van der Waals surface area contributed by atoms with Gasteiger partial charge in [0.15, 0.2) is 0 Å². The number of carbonyl (C=O) groups excluding carboxylic acids is 2. The molecule has 1 N–H and O–H groups in total. The van der Waals surface area contributed by atoms with Gasteiger partial charge in [0.25, 0.3) is 5.91 Å². The van der Waals surface area contributed by atoms with Crippen molar-refractivity contribution in [3.63, 3.8) is 0 Å². The van der Waals surface area contributed by atoms with E-state index < -0.39 is 0 Å². The Bertz CT molecular complexity index is 1080. The summed E-state index contributed by atoms with van der Waals surface area (Å²) < 4.78 is 0. The number of carbonyl (C=O) groups is 2. The van der Waals surface area contributed by atoms with Crippen molar-refractivity contribution in [1.29, 1.82) is 0 Å². The molecule has 29 heavy (non-hydrogen) atoms. The maximum absolute atomic E-state index is 13.3. The molecule has 4 rings (SSSR count). The van der Waals surface area contributed by atoms with Gasteiger partial charge in [-0.2, -0.15) is 0 Å². The van der Waals surface area contributed by atoms with E-state index in [1.807, 2.05) is 56.0 Å². The van der Waals surface area contributed by atoms with E-state index >= 15 is 0 Å². The third-order valence-corrected chi connectivity index (χ3v) is 6.57. The van der Waals surface area contributed by atoms with E-state index in [1.54, 1.807) is 0 Å². The Balaban J connectivity index is 1.53. The van der Waals surface area contributed by atoms with Crippen molar-refractivity contribution in [1.82, 2.24) is 14.9 Å². The van der Waals surface area contributed by atoms with Crippen LogP contribution in [-0.2, 0) is 4.79 Å². The molecule has 0 bridgehead atoms. The molecule has 3 heterocycles. The van der Waals surface area contributed by atoms with Gasteiger partial charge in [-0.05, 0) is 51.3 Å². The summed E-state index contributed by atoms with van der Waals surface area (Å²) in [6.07, 6.45) is 1.61. The number of rotatable bonds is 3. The molecule has 2 aromatic heterocycles. The summed E-state index contributed by atoms with van der Waals surface area (Å²) >= 11 is 1.42. The monoisotopic (exact) mass is 408 g/mol. The van der Waals surface area contributed by atoms with Crippen molar-refractivity contribution >= 4 is 39.1 Å². The van der Waals surface area contributed by atoms with Crippen LogP contribution in [0.5, 0.6) is 0 Å². The van der Waals surface area contributed by atoms with Gasteiger partial charge in [-0.1, -0.05) is 18.2 Å². The van der Waals surface area contributed by atoms with Crippen molar-refractivity contribution in [3.8, 4) is 0 Å². The molecule has 1 unspecified atom stereocenters. The van der Waals surface area contributed by atoms with Gasteiger partial charge in [0.05, 0.1) is 10.8 Å². The van der Waals surface area contributed by atoms with Crippen LogP contribution in [-0.4, -0.2) is 39.8 Å². The number of thiophene rings is 1. The Morgan fingerprint density at radius 3 is 2.66 bits per heavy atom. The molecule has 6 nitrogen and oxygen atoms in total. The highest BCUT2D eigenvalue weighted by atomic mass is 32.1. The Hall–Kier alpha value is -2.80. The third-order valence-electron chi connectivity index (χ3n) is 5.40. The van der Waals surface area contributed by atoms with E-state index in [2.05, 4.69) is 15.3 Å². The van der Waals surface area contributed by atoms with E-state index in [-0.39, 0.29) is 17.7 Å². The second kappa shape index (κ2) is 7.91. The largest absolute Gasteiger partial charge is 0.337 e. The Labute approximate surface area is 174 Å². The SMILES string of the molecule is Cc1nc(C)c2c(C)c(C(=O)N3CCCC(C(=O)Nc4ccccc4)C3)sc2n1. The van der Waals surface area contributed by atoms with Crippen molar-refractivity contribution in [2.45, 2.75) is 33.6 Å². The van der Waals surface area contributed by atoms with Gasteiger partial charge in [-0.3, -0.25) is 9.59 Å². The Kier molecular flexibility index (Phi) is 5.32. The third kappa shape index (κ3) is 3.87. The minimum Gasteiger partial charge on any atom is -0.337 e. The van der Waals surface area contributed by atoms with Crippen LogP contribution in [0.1, 0.15) is 39.6 Å². The minimum absolute atomic E-state index is 0.0141. The predicted molar refractivity (Wildman–Crippen MR) is 115 cm³/mol. The number of hydrogen-bond acceptors (Lipinski definition) is 5. The minimum atomic E-state index is -0.202. The molecule has 150 valence electrons. The van der Waals surface area contributed by atoms with E-state index in [9.17, 15) is 9.59 Å². The molecular formula is C22H24N4O2S. The zero-order valence-corrected chi connectivity index (χ0v) is 17.7. The molecule has 1 aromatic carbocycles. The first-order valence-electron chi connectivity index (χ1n) is 9.83. The molecule has 0 radical (unpaired) electrons. The molecular weight excluding hydrogens is 384 g/mol. The van der Waals surface area contributed by atoms with Gasteiger partial charge in [-0.25, -0.2) is 9.97 Å². The van der Waals surface area contributed by atoms with E-state index in [4.69, 9.17) is 0 Å². The summed E-state index contributed by atoms with van der Waals surface area (Å²) in [5, 5.41) is 3.94. The number of hydrogen-bond donors (Lipinski definition) is 1. The number of aromatic nitrogens is 2. The molecule has 1 saturated heterocycles. The lowest BCUT2D eigenvalue weighted by molar-refractivity contribution is -0.121. The molecule has 1 aliphatic heterocycles. The number of para-hydroxylation sites is 1. The number of piperidine rings is 1. The standard InChI is InChI=1S/C22H24N4O2S/c1-13-18-14(2)23-15(3)24-21(18)29-19(13)22(28)26-11-7-8-16(12-26)20(27)25-17-9-5-4-6-10-17/h4-6,9-10,16H,7-8,11-12H2,1-3H3,(H,25,27). The zero-order chi connectivity index (χ0) is 20.5. The molecule has 0 saturated carbocycles. The summed E-state index contributed by atoms with van der Waals surface area (Å²) in [6, 6.07) is 9.44. The van der Waals surface area contributed by atoms with Crippen molar-refractivity contribution < 1.29 is 9.59 Å². The predicted octanol–water partition coefficient (Wildman–Crippen LogP) is 4.11. The Morgan fingerprint density at radius 2 is 1.90 bits per heavy atom. The lowest BCUT2D eigenvalue weighted by Crippen LogP contribution is -2.43. The van der Waals surface area contributed by atoms with E-state index in [0.717, 1.165) is 40.0 Å². The summed E-state index contributed by atoms with van der Waals surface area (Å²) in [5.74, 6) is 0.469. The van der Waals surface area contributed by atoms with Crippen LogP contribution in [0.4, 0.5) is 5.69 Å². The highest BCUT2D eigenvalue weighted by Crippen LogP contribution is 2.33. The molecule has 1 fully saturated rings. The highest BCUT2D eigenvalue weighted by molar-refractivity contribution is 7.20. The van der Waals surface area contributed by atoms with Crippen molar-refractivity contribution in [3.05, 3.63) is 52.3 Å². The van der Waals surface area contributed by atoms with Gasteiger partial charge in [0.2, 0.25) is 5.91 Å². The number of amides is 2. The topological polar surface area (TPSA) is 75.2 Å². The summed E-state index contributed by atoms with van der Waals surface area (Å²) in [7, 11) is 0. The summed E-state index contributed by atoms with van der Waals surface area (Å²) in [5.41, 5.74) is 2.62. The van der Waals surface area contributed by atoms with Crippen LogP contribution < -0.4 is 5.32 Å². The maximum atomic E-state index is 13.3. The number of anilines is 1. The summed E-state index contributed by atoms with van der Waals surface area (Å²) in [4.78, 5) is 38.3. The number of nitrogens with zero attached hydrogens (tertiary/aromatic N) is 3. The second-order valence-corrected chi connectivity index (χ2v) is 8.54. The van der Waals surface area contributed by atoms with Gasteiger partial charge in [0, 0.05) is 29.9 Å². The van der Waals surface area contributed by atoms with Gasteiger partial charge in [0.1, 0.15) is 10.7 Å². The first-order chi connectivity index (χ1) is 13.9. The number of aryl methyl sites for hydroxylation is 3. The quantitative estimate of drug-likeness (QED) is 0.708. The molecule has 1 atom stereocenters. The number of likely N-dealkylation sites (tertiary alicyclic amines) is 1. The maximum Gasteiger partial charge on any atom is 0.264 e. The molecule has 0 aliphatic carbocycles. The molecule has 0 spiro atoms. The van der Waals surface area contributed by atoms with Crippen molar-refractivity contribution in [2.24, 2.45) is 5.92 Å². The number of nitrogens with one attached hydrogen (secondary N) is 1. The van der Waals surface area contributed by atoms with Crippen LogP contribution in [0, 0.1) is 26.7 Å². The fourth-order valence-corrected chi connectivity index (χ4v) is 5.21. The lowest BCUT2D eigenvalue weighted by Gasteiger charge is -2.32. The normalized spacial score (nSPS) is 16.8. The fraction of sp³-hybridized carbons (Fsp3) is 0.364. The number of benzene rings is 1. The fourth-order valence-electron chi connectivity index (χ4n) is 3.96. The average molecular weight is 409 g/mol. The molecule has 3 aromatic rings. The van der Waals surface area contributed by atoms with Crippen LogP contribution in [0.25, 0.3) is 10.2 Å². The van der Waals surface area contributed by atoms with Crippen LogP contribution in [0.3, 0.4) is 0 Å². The Morgan fingerprint density at radius 1 is 1.14 bits per heavy atom. The van der Waals surface area contributed by atoms with Crippen molar-refractivity contribution in [2.75, 3.05) is 18.4 Å². The first kappa shape index (κ1) is 19.5. The first-order valence-corrected chi connectivity index (χ1v) is 10.6. The van der Waals surface area contributed by atoms with Gasteiger partial charge >= 0.3 is 0 Å². The smallest absolute Gasteiger partial charge is 0.264 e. The van der Waals surface area contributed by atoms with Gasteiger partial charge in [-0.15, -0.1) is 11.3 Å². The van der Waals surface area contributed by atoms with Crippen LogP contribution in [0.15, 0.2) is 30.3 Å². The highest BCUT2D eigenvalue weighted by Gasteiger charge is 2.31. The average Bonchev–Trinajstić information content (AvgIpc) is 3.04. The van der Waals surface area contributed by atoms with E-state index in [1.165, 1.54) is 11.3 Å². The molecule has 1 aliphatic rings. The molecule has 7 heteroatoms. The van der Waals surface area contributed by atoms with E-state index in [0.29, 0.717) is 23.8 Å². The number of fused-ring (bicyclic) bond motifs is 1. The summed E-state index contributed by atoms with van der Waals surface area (Å²) in [6.45, 7) is 6.89. The van der Waals surface area contributed by atoms with Gasteiger partial charge < -0.3 is 10.2 Å². The molecule has 2 amide bonds. The second-order valence-electron chi connectivity index (χ2n) is 7.54. The van der Waals surface area contributed by atoms with Crippen LogP contribution in [0.2, 0.25) is 0 Å². The van der Waals surface area contributed by atoms with Crippen LogP contribution >= 0.6 is 11.3 Å². The lowest BCUT2D eigenvalue weighted by atomic mass is 9.96. The zero-order valence-electron chi connectivity index (χ0n) is 16.9.